The summed E-state index contributed by atoms with van der Waals surface area (Å²) in [7, 11) is 0. The van der Waals surface area contributed by atoms with E-state index in [1.54, 1.807) is 6.20 Å². The van der Waals surface area contributed by atoms with Gasteiger partial charge >= 0.3 is 0 Å². The van der Waals surface area contributed by atoms with Gasteiger partial charge in [0, 0.05) is 18.1 Å². The maximum atomic E-state index is 9.97. The fourth-order valence-electron chi connectivity index (χ4n) is 2.55. The minimum atomic E-state index is -0.379. The van der Waals surface area contributed by atoms with Crippen LogP contribution in [0.1, 0.15) is 20.3 Å². The molecule has 0 bridgehead atoms. The van der Waals surface area contributed by atoms with E-state index in [9.17, 15) is 5.11 Å². The number of anilines is 1. The van der Waals surface area contributed by atoms with Crippen LogP contribution >= 0.6 is 0 Å². The van der Waals surface area contributed by atoms with Crippen molar-refractivity contribution in [2.24, 2.45) is 5.92 Å². The maximum absolute atomic E-state index is 9.97. The summed E-state index contributed by atoms with van der Waals surface area (Å²) in [6.07, 6.45) is 2.14. The highest BCUT2D eigenvalue weighted by atomic mass is 16.7. The van der Waals surface area contributed by atoms with Crippen molar-refractivity contribution in [3.63, 3.8) is 0 Å². The molecule has 1 atom stereocenters. The van der Waals surface area contributed by atoms with E-state index in [0.29, 0.717) is 12.5 Å². The molecule has 1 aliphatic heterocycles. The van der Waals surface area contributed by atoms with Gasteiger partial charge < -0.3 is 19.9 Å². The third-order valence-corrected chi connectivity index (χ3v) is 3.51. The highest BCUT2D eigenvalue weighted by Gasteiger charge is 2.16. The second-order valence-corrected chi connectivity index (χ2v) is 5.75. The summed E-state index contributed by atoms with van der Waals surface area (Å²) in [5.41, 5.74) is 0. The Morgan fingerprint density at radius 3 is 2.81 bits per heavy atom. The zero-order valence-electron chi connectivity index (χ0n) is 12.3. The molecule has 3 rings (SSSR count). The van der Waals surface area contributed by atoms with Gasteiger partial charge in [-0.25, -0.2) is 4.98 Å². The summed E-state index contributed by atoms with van der Waals surface area (Å²) >= 11 is 0. The number of aliphatic hydroxyl groups excluding tert-OH is 1. The topological polar surface area (TPSA) is 63.6 Å². The Labute approximate surface area is 123 Å². The number of nitrogens with one attached hydrogen (secondary N) is 1. The molecule has 0 saturated heterocycles. The summed E-state index contributed by atoms with van der Waals surface area (Å²) in [4.78, 5) is 4.36. The number of rotatable bonds is 5. The number of aliphatic hydroxyl groups is 1. The third-order valence-electron chi connectivity index (χ3n) is 3.51. The molecule has 5 nitrogen and oxygen atoms in total. The van der Waals surface area contributed by atoms with E-state index in [-0.39, 0.29) is 12.9 Å². The van der Waals surface area contributed by atoms with Crippen LogP contribution in [0.15, 0.2) is 24.4 Å². The minimum Gasteiger partial charge on any atom is -0.454 e. The number of nitrogens with zero attached hydrogens (tertiary/aromatic N) is 1. The first-order chi connectivity index (χ1) is 10.1. The molecule has 0 saturated carbocycles. The smallest absolute Gasteiger partial charge is 0.231 e. The van der Waals surface area contributed by atoms with Gasteiger partial charge in [-0.3, -0.25) is 0 Å². The van der Waals surface area contributed by atoms with E-state index in [0.717, 1.165) is 34.5 Å². The Bertz CT molecular complexity index is 643. The second-order valence-electron chi connectivity index (χ2n) is 5.75. The Morgan fingerprint density at radius 1 is 1.29 bits per heavy atom. The zero-order valence-corrected chi connectivity index (χ0v) is 12.3. The molecule has 0 spiro atoms. The molecule has 5 heteroatoms. The van der Waals surface area contributed by atoms with E-state index in [1.807, 2.05) is 18.2 Å². The lowest BCUT2D eigenvalue weighted by molar-refractivity contribution is 0.161. The highest BCUT2D eigenvalue weighted by Crippen LogP contribution is 2.37. The van der Waals surface area contributed by atoms with Gasteiger partial charge in [-0.15, -0.1) is 0 Å². The molecular formula is C16H20N2O3. The fraction of sp³-hybridized carbons (Fsp3) is 0.438. The van der Waals surface area contributed by atoms with Crippen molar-refractivity contribution in [3.8, 4) is 11.5 Å². The molecule has 112 valence electrons. The van der Waals surface area contributed by atoms with Crippen LogP contribution in [-0.2, 0) is 0 Å². The van der Waals surface area contributed by atoms with Crippen molar-refractivity contribution in [2.45, 2.75) is 26.4 Å². The van der Waals surface area contributed by atoms with Gasteiger partial charge in [0.05, 0.1) is 6.10 Å². The summed E-state index contributed by atoms with van der Waals surface area (Å²) in [5.74, 6) is 2.73. The van der Waals surface area contributed by atoms with Crippen LogP contribution < -0.4 is 14.8 Å². The Morgan fingerprint density at radius 2 is 2.05 bits per heavy atom. The molecule has 2 heterocycles. The summed E-state index contributed by atoms with van der Waals surface area (Å²) < 4.78 is 10.8. The van der Waals surface area contributed by atoms with E-state index >= 15 is 0 Å². The first-order valence-electron chi connectivity index (χ1n) is 7.24. The average molecular weight is 288 g/mol. The predicted molar refractivity (Wildman–Crippen MR) is 81.8 cm³/mol. The van der Waals surface area contributed by atoms with E-state index < -0.39 is 0 Å². The van der Waals surface area contributed by atoms with Gasteiger partial charge in [-0.2, -0.15) is 0 Å². The van der Waals surface area contributed by atoms with Gasteiger partial charge in [0.2, 0.25) is 6.79 Å². The number of fused-ring (bicyclic) bond motifs is 2. The van der Waals surface area contributed by atoms with Crippen LogP contribution in [0.2, 0.25) is 0 Å². The lowest BCUT2D eigenvalue weighted by atomic mass is 10.1. The number of aromatic nitrogens is 1. The first-order valence-corrected chi connectivity index (χ1v) is 7.24. The van der Waals surface area contributed by atoms with Gasteiger partial charge in [0.1, 0.15) is 5.82 Å². The van der Waals surface area contributed by atoms with E-state index in [2.05, 4.69) is 24.1 Å². The summed E-state index contributed by atoms with van der Waals surface area (Å²) in [6.45, 7) is 4.94. The Balaban J connectivity index is 1.82. The van der Waals surface area contributed by atoms with Crippen molar-refractivity contribution < 1.29 is 14.6 Å². The van der Waals surface area contributed by atoms with Gasteiger partial charge in [0.25, 0.3) is 0 Å². The van der Waals surface area contributed by atoms with Crippen LogP contribution in [0.3, 0.4) is 0 Å². The van der Waals surface area contributed by atoms with Crippen LogP contribution in [0.4, 0.5) is 5.82 Å². The quantitative estimate of drug-likeness (QED) is 0.885. The maximum Gasteiger partial charge on any atom is 0.231 e. The van der Waals surface area contributed by atoms with Gasteiger partial charge in [-0.05, 0) is 35.9 Å². The van der Waals surface area contributed by atoms with Crippen molar-refractivity contribution in [2.75, 3.05) is 18.7 Å². The third kappa shape index (κ3) is 3.03. The zero-order chi connectivity index (χ0) is 14.8. The molecule has 1 aliphatic rings. The van der Waals surface area contributed by atoms with Gasteiger partial charge in [-0.1, -0.05) is 13.8 Å². The molecule has 2 N–H and O–H groups in total. The number of benzene rings is 1. The van der Waals surface area contributed by atoms with Crippen molar-refractivity contribution in [1.82, 2.24) is 4.98 Å². The SMILES string of the molecule is CC(C)CC(O)CNc1nccc2cc3c(cc12)OCO3. The van der Waals surface area contributed by atoms with Crippen molar-refractivity contribution >= 4 is 16.6 Å². The largest absolute Gasteiger partial charge is 0.454 e. The molecule has 1 unspecified atom stereocenters. The number of ether oxygens (including phenoxy) is 2. The van der Waals surface area contributed by atoms with E-state index in [1.165, 1.54) is 0 Å². The van der Waals surface area contributed by atoms with Crippen LogP contribution in [-0.4, -0.2) is 29.5 Å². The first kappa shape index (κ1) is 13.9. The number of hydrogen-bond acceptors (Lipinski definition) is 5. The molecule has 0 amide bonds. The lowest BCUT2D eigenvalue weighted by Crippen LogP contribution is -2.21. The molecule has 0 radical (unpaired) electrons. The molecule has 1 aromatic carbocycles. The molecule has 0 fully saturated rings. The highest BCUT2D eigenvalue weighted by molar-refractivity contribution is 5.94. The number of pyridine rings is 1. The molecule has 2 aromatic rings. The molecule has 1 aromatic heterocycles. The molecular weight excluding hydrogens is 268 g/mol. The summed E-state index contributed by atoms with van der Waals surface area (Å²) in [5, 5.41) is 15.2. The van der Waals surface area contributed by atoms with Crippen LogP contribution in [0.25, 0.3) is 10.8 Å². The standard InChI is InChI=1S/C16H20N2O3/c1-10(2)5-12(19)8-18-16-13-7-15-14(20-9-21-15)6-11(13)3-4-17-16/h3-4,6-7,10,12,19H,5,8-9H2,1-2H3,(H,17,18). The Kier molecular flexibility index (Phi) is 3.84. The van der Waals surface area contributed by atoms with Gasteiger partial charge in [0.15, 0.2) is 11.5 Å². The average Bonchev–Trinajstić information content (AvgIpc) is 2.89. The lowest BCUT2D eigenvalue weighted by Gasteiger charge is -2.15. The van der Waals surface area contributed by atoms with Crippen LogP contribution in [0.5, 0.6) is 11.5 Å². The fourth-order valence-corrected chi connectivity index (χ4v) is 2.55. The monoisotopic (exact) mass is 288 g/mol. The molecule has 0 aliphatic carbocycles. The van der Waals surface area contributed by atoms with Crippen molar-refractivity contribution in [1.29, 1.82) is 0 Å². The van der Waals surface area contributed by atoms with Crippen molar-refractivity contribution in [3.05, 3.63) is 24.4 Å². The van der Waals surface area contributed by atoms with Crippen LogP contribution in [0, 0.1) is 5.92 Å². The van der Waals surface area contributed by atoms with E-state index in [4.69, 9.17) is 9.47 Å². The molecule has 21 heavy (non-hydrogen) atoms. The predicted octanol–water partition coefficient (Wildman–Crippen LogP) is 2.78. The summed E-state index contributed by atoms with van der Waals surface area (Å²) in [6, 6.07) is 5.82. The normalized spacial score (nSPS) is 14.7. The number of hydrogen-bond donors (Lipinski definition) is 2. The Hall–Kier alpha value is -2.01. The minimum absolute atomic E-state index is 0.259. The second kappa shape index (κ2) is 5.77.